The Balaban J connectivity index is 2.22. The zero-order chi connectivity index (χ0) is 9.97. The molecule has 0 aromatic heterocycles. The Bertz CT molecular complexity index is 314. The lowest BCUT2D eigenvalue weighted by atomic mass is 9.96. The molecule has 0 aliphatic carbocycles. The van der Waals surface area contributed by atoms with Gasteiger partial charge in [-0.05, 0) is 30.9 Å². The number of hydrogen-bond donors (Lipinski definition) is 2. The highest BCUT2D eigenvalue weighted by Gasteiger charge is 2.22. The Kier molecular flexibility index (Phi) is 2.70. The number of rotatable bonds is 2. The van der Waals surface area contributed by atoms with Crippen LogP contribution in [-0.2, 0) is 6.42 Å². The highest BCUT2D eigenvalue weighted by Crippen LogP contribution is 2.28. The van der Waals surface area contributed by atoms with Crippen molar-refractivity contribution >= 4 is 5.69 Å². The average molecular weight is 192 g/mol. The van der Waals surface area contributed by atoms with Crippen molar-refractivity contribution in [1.82, 2.24) is 0 Å². The molecule has 1 atom stereocenters. The maximum atomic E-state index is 8.90. The molecule has 76 valence electrons. The van der Waals surface area contributed by atoms with Gasteiger partial charge >= 0.3 is 0 Å². The highest BCUT2D eigenvalue weighted by atomic mass is 16.3. The van der Waals surface area contributed by atoms with Gasteiger partial charge in [0.2, 0.25) is 0 Å². The predicted molar refractivity (Wildman–Crippen MR) is 56.9 cm³/mol. The van der Waals surface area contributed by atoms with Crippen molar-refractivity contribution in [2.45, 2.75) is 25.3 Å². The summed E-state index contributed by atoms with van der Waals surface area (Å²) in [7, 11) is 0. The molecule has 0 saturated carbocycles. The van der Waals surface area contributed by atoms with Gasteiger partial charge in [0.1, 0.15) is 0 Å². The third-order valence-corrected chi connectivity index (χ3v) is 2.87. The van der Waals surface area contributed by atoms with Crippen LogP contribution in [0.4, 0.5) is 5.69 Å². The number of para-hydroxylation sites is 1. The second kappa shape index (κ2) is 3.98. The van der Waals surface area contributed by atoms with Crippen LogP contribution >= 0.6 is 0 Å². The van der Waals surface area contributed by atoms with Gasteiger partial charge in [-0.15, -0.1) is 0 Å². The number of hydrazine groups is 1. The first kappa shape index (κ1) is 9.49. The lowest BCUT2D eigenvalue weighted by Crippen LogP contribution is -2.45. The molecule has 0 spiro atoms. The fourth-order valence-electron chi connectivity index (χ4n) is 2.06. The zero-order valence-corrected chi connectivity index (χ0v) is 8.19. The minimum Gasteiger partial charge on any atom is -0.396 e. The van der Waals surface area contributed by atoms with Crippen LogP contribution < -0.4 is 10.9 Å². The van der Waals surface area contributed by atoms with E-state index in [0.717, 1.165) is 24.9 Å². The molecule has 1 heterocycles. The molecule has 3 N–H and O–H groups in total. The van der Waals surface area contributed by atoms with E-state index in [9.17, 15) is 0 Å². The molecular formula is C11H16N2O. The molecule has 0 fully saturated rings. The predicted octanol–water partition coefficient (Wildman–Crippen LogP) is 1.06. The quantitative estimate of drug-likeness (QED) is 0.689. The van der Waals surface area contributed by atoms with Crippen LogP contribution in [0.5, 0.6) is 0 Å². The maximum Gasteiger partial charge on any atom is 0.0552 e. The number of benzene rings is 1. The number of hydrogen-bond acceptors (Lipinski definition) is 3. The molecule has 3 heteroatoms. The van der Waals surface area contributed by atoms with Gasteiger partial charge in [-0.2, -0.15) is 0 Å². The van der Waals surface area contributed by atoms with Crippen LogP contribution in [-0.4, -0.2) is 17.8 Å². The molecule has 2 rings (SSSR count). The third kappa shape index (κ3) is 1.61. The summed E-state index contributed by atoms with van der Waals surface area (Å²) >= 11 is 0. The van der Waals surface area contributed by atoms with Crippen molar-refractivity contribution in [2.75, 3.05) is 11.6 Å². The molecule has 1 aliphatic rings. The van der Waals surface area contributed by atoms with Gasteiger partial charge in [-0.25, -0.2) is 5.84 Å². The highest BCUT2D eigenvalue weighted by molar-refractivity contribution is 5.55. The molecule has 14 heavy (non-hydrogen) atoms. The van der Waals surface area contributed by atoms with Crippen LogP contribution in [0.3, 0.4) is 0 Å². The van der Waals surface area contributed by atoms with E-state index in [2.05, 4.69) is 6.07 Å². The van der Waals surface area contributed by atoms with E-state index < -0.39 is 0 Å². The first-order valence-electron chi connectivity index (χ1n) is 5.05. The first-order chi connectivity index (χ1) is 6.83. The summed E-state index contributed by atoms with van der Waals surface area (Å²) in [5.41, 5.74) is 2.42. The first-order valence-corrected chi connectivity index (χ1v) is 5.05. The van der Waals surface area contributed by atoms with E-state index in [1.165, 1.54) is 5.56 Å². The van der Waals surface area contributed by atoms with E-state index in [-0.39, 0.29) is 12.6 Å². The van der Waals surface area contributed by atoms with Crippen molar-refractivity contribution < 1.29 is 5.11 Å². The maximum absolute atomic E-state index is 8.90. The minimum absolute atomic E-state index is 0.209. The summed E-state index contributed by atoms with van der Waals surface area (Å²) in [6.45, 7) is 0.209. The van der Waals surface area contributed by atoms with Crippen molar-refractivity contribution in [3.63, 3.8) is 0 Å². The average Bonchev–Trinajstić information content (AvgIpc) is 2.23. The van der Waals surface area contributed by atoms with E-state index in [4.69, 9.17) is 10.9 Å². The van der Waals surface area contributed by atoms with Gasteiger partial charge in [0, 0.05) is 12.6 Å². The number of aryl methyl sites for hydroxylation is 1. The third-order valence-electron chi connectivity index (χ3n) is 2.87. The van der Waals surface area contributed by atoms with E-state index in [0.29, 0.717) is 0 Å². The Morgan fingerprint density at radius 3 is 3.00 bits per heavy atom. The summed E-state index contributed by atoms with van der Waals surface area (Å²) in [5.74, 6) is 6.00. The topological polar surface area (TPSA) is 49.5 Å². The monoisotopic (exact) mass is 192 g/mol. The fourth-order valence-corrected chi connectivity index (χ4v) is 2.06. The number of aliphatic hydroxyl groups excluding tert-OH is 1. The number of anilines is 1. The fraction of sp³-hybridized carbons (Fsp3) is 0.455. The van der Waals surface area contributed by atoms with Gasteiger partial charge in [0.05, 0.1) is 5.69 Å². The number of nitrogens with zero attached hydrogens (tertiary/aromatic N) is 1. The van der Waals surface area contributed by atoms with Crippen molar-refractivity contribution in [1.29, 1.82) is 0 Å². The standard InChI is InChI=1S/C11H16N2O/c12-13-10(7-8-14)6-5-9-3-1-2-4-11(9)13/h1-4,10,14H,5-8,12H2. The molecule has 0 radical (unpaired) electrons. The van der Waals surface area contributed by atoms with Crippen LogP contribution in [0.2, 0.25) is 0 Å². The lowest BCUT2D eigenvalue weighted by Gasteiger charge is -2.34. The molecule has 1 aromatic carbocycles. The normalized spacial score (nSPS) is 20.7. The molecule has 1 unspecified atom stereocenters. The number of fused-ring (bicyclic) bond motifs is 1. The summed E-state index contributed by atoms with van der Waals surface area (Å²) in [4.78, 5) is 0. The molecule has 0 bridgehead atoms. The van der Waals surface area contributed by atoms with Crippen molar-refractivity contribution in [2.24, 2.45) is 5.84 Å². The van der Waals surface area contributed by atoms with Crippen LogP contribution in [0.1, 0.15) is 18.4 Å². The van der Waals surface area contributed by atoms with Crippen molar-refractivity contribution in [3.8, 4) is 0 Å². The smallest absolute Gasteiger partial charge is 0.0552 e. The molecule has 1 aromatic rings. The second-order valence-electron chi connectivity index (χ2n) is 3.74. The number of nitrogens with two attached hydrogens (primary N) is 1. The SMILES string of the molecule is NN1c2ccccc2CCC1CCO. The summed E-state index contributed by atoms with van der Waals surface area (Å²) < 4.78 is 0. The Hall–Kier alpha value is -1.06. The minimum atomic E-state index is 0.209. The van der Waals surface area contributed by atoms with Crippen molar-refractivity contribution in [3.05, 3.63) is 29.8 Å². The molecule has 0 amide bonds. The summed E-state index contributed by atoms with van der Waals surface area (Å²) in [5, 5.41) is 10.7. The van der Waals surface area contributed by atoms with Crippen LogP contribution in [0.15, 0.2) is 24.3 Å². The number of aliphatic hydroxyl groups is 1. The van der Waals surface area contributed by atoms with Gasteiger partial charge in [-0.3, -0.25) is 0 Å². The van der Waals surface area contributed by atoms with Gasteiger partial charge in [0.15, 0.2) is 0 Å². The Morgan fingerprint density at radius 2 is 2.21 bits per heavy atom. The van der Waals surface area contributed by atoms with E-state index in [1.807, 2.05) is 18.2 Å². The molecule has 3 nitrogen and oxygen atoms in total. The zero-order valence-electron chi connectivity index (χ0n) is 8.19. The largest absolute Gasteiger partial charge is 0.396 e. The lowest BCUT2D eigenvalue weighted by molar-refractivity contribution is 0.268. The Morgan fingerprint density at radius 1 is 1.43 bits per heavy atom. The van der Waals surface area contributed by atoms with Crippen LogP contribution in [0, 0.1) is 0 Å². The summed E-state index contributed by atoms with van der Waals surface area (Å²) in [6.07, 6.45) is 2.85. The Labute approximate surface area is 84.1 Å². The van der Waals surface area contributed by atoms with E-state index >= 15 is 0 Å². The van der Waals surface area contributed by atoms with Crippen LogP contribution in [0.25, 0.3) is 0 Å². The van der Waals surface area contributed by atoms with E-state index in [1.54, 1.807) is 5.01 Å². The molecule has 1 aliphatic heterocycles. The molecular weight excluding hydrogens is 176 g/mol. The van der Waals surface area contributed by atoms with Gasteiger partial charge in [-0.1, -0.05) is 18.2 Å². The summed E-state index contributed by atoms with van der Waals surface area (Å²) in [6, 6.07) is 8.48. The van der Waals surface area contributed by atoms with Gasteiger partial charge in [0.25, 0.3) is 0 Å². The molecule has 0 saturated heterocycles. The van der Waals surface area contributed by atoms with Gasteiger partial charge < -0.3 is 10.1 Å². The second-order valence-corrected chi connectivity index (χ2v) is 3.74.